The Morgan fingerprint density at radius 2 is 0.380 bits per heavy atom. The zero-order valence-corrected chi connectivity index (χ0v) is 22.3. The number of benzene rings is 5. The molecule has 0 spiro atoms. The molecule has 0 aliphatic carbocycles. The van der Waals surface area contributed by atoms with E-state index >= 15 is 35.1 Å². The van der Waals surface area contributed by atoms with Crippen molar-refractivity contribution in [2.24, 2.45) is 0 Å². The van der Waals surface area contributed by atoms with Crippen LogP contribution in [-0.2, 0) is 12.4 Å². The topological polar surface area (TPSA) is 0 Å². The summed E-state index contributed by atoms with van der Waals surface area (Å²) < 4.78 is 319. The van der Waals surface area contributed by atoms with Crippen molar-refractivity contribution in [3.8, 4) is 22.3 Å². The van der Waals surface area contributed by atoms with Crippen LogP contribution < -0.4 is 0 Å². The molecule has 5 aromatic rings. The quantitative estimate of drug-likeness (QED) is 0.0729. The molecule has 0 N–H and O–H groups in total. The van der Waals surface area contributed by atoms with E-state index in [9.17, 15) is 61.5 Å². The van der Waals surface area contributed by atoms with Crippen LogP contribution in [-0.4, -0.2) is 0 Å². The summed E-state index contributed by atoms with van der Waals surface area (Å²) in [6.07, 6.45) is -12.8. The first-order valence-electron chi connectivity index (χ1n) is 12.2. The number of hydrogen-bond donors (Lipinski definition) is 0. The zero-order valence-electron chi connectivity index (χ0n) is 22.3. The predicted octanol–water partition coefficient (Wildman–Crippen LogP) is 11.6. The van der Waals surface area contributed by atoms with Gasteiger partial charge in [0.2, 0.25) is 0 Å². The lowest BCUT2D eigenvalue weighted by molar-refractivity contribution is -0.144. The fourth-order valence-corrected chi connectivity index (χ4v) is 5.15. The highest BCUT2D eigenvalue weighted by molar-refractivity contribution is 6.22. The maximum absolute atomic E-state index is 15.5. The van der Waals surface area contributed by atoms with Gasteiger partial charge in [-0.2, -0.15) is 26.3 Å². The molecule has 0 atom stereocenters. The van der Waals surface area contributed by atoms with Gasteiger partial charge in [-0.1, -0.05) is 0 Å². The van der Waals surface area contributed by atoms with Gasteiger partial charge in [0.25, 0.3) is 0 Å². The lowest BCUT2D eigenvalue weighted by Crippen LogP contribution is -2.17. The van der Waals surface area contributed by atoms with E-state index in [2.05, 4.69) is 0 Å². The summed E-state index contributed by atoms with van der Waals surface area (Å²) in [5.74, 6) is -54.4. The molecule has 22 heteroatoms. The molecule has 0 aliphatic heterocycles. The number of alkyl halides is 6. The normalized spacial score (nSPS) is 12.6. The Morgan fingerprint density at radius 1 is 0.200 bits per heavy atom. The van der Waals surface area contributed by atoms with E-state index in [1.807, 2.05) is 0 Å². The van der Waals surface area contributed by atoms with Gasteiger partial charge in [0.1, 0.15) is 11.1 Å². The van der Waals surface area contributed by atoms with Crippen LogP contribution in [0, 0.1) is 93.1 Å². The van der Waals surface area contributed by atoms with Gasteiger partial charge < -0.3 is 0 Å². The van der Waals surface area contributed by atoms with Crippen LogP contribution in [0.4, 0.5) is 96.6 Å². The third-order valence-electron chi connectivity index (χ3n) is 7.13. The van der Waals surface area contributed by atoms with Crippen LogP contribution in [0.1, 0.15) is 11.1 Å². The third-order valence-corrected chi connectivity index (χ3v) is 7.13. The van der Waals surface area contributed by atoms with Crippen molar-refractivity contribution in [1.29, 1.82) is 0 Å². The molecule has 0 aromatic heterocycles. The summed E-state index contributed by atoms with van der Waals surface area (Å²) in [4.78, 5) is 0. The number of rotatable bonds is 2. The van der Waals surface area contributed by atoms with Crippen LogP contribution in [0.3, 0.4) is 0 Å². The highest BCUT2D eigenvalue weighted by Gasteiger charge is 2.46. The number of hydrogen-bond acceptors (Lipinski definition) is 0. The molecule has 5 aromatic carbocycles. The summed E-state index contributed by atoms with van der Waals surface area (Å²) in [5.41, 5.74) is -18.6. The number of fused-ring (bicyclic) bond motifs is 2. The van der Waals surface area contributed by atoms with E-state index in [0.29, 0.717) is 0 Å². The van der Waals surface area contributed by atoms with Gasteiger partial charge in [-0.15, -0.1) is 0 Å². The molecule has 0 heterocycles. The van der Waals surface area contributed by atoms with E-state index in [4.69, 9.17) is 0 Å². The predicted molar refractivity (Wildman–Crippen MR) is 122 cm³/mol. The molecule has 0 nitrogen and oxygen atoms in total. The van der Waals surface area contributed by atoms with E-state index in [1.54, 1.807) is 0 Å². The summed E-state index contributed by atoms with van der Waals surface area (Å²) in [6.45, 7) is 0. The molecule has 0 saturated carbocycles. The Morgan fingerprint density at radius 3 is 0.540 bits per heavy atom. The fraction of sp³-hybridized carbons (Fsp3) is 0.0714. The molecular formula is C28F22. The van der Waals surface area contributed by atoms with Crippen LogP contribution >= 0.6 is 0 Å². The Labute approximate surface area is 257 Å². The Balaban J connectivity index is 2.30. The highest BCUT2D eigenvalue weighted by atomic mass is 19.4. The molecule has 0 aliphatic rings. The molecular weight excluding hydrogens is 754 g/mol. The largest absolute Gasteiger partial charge is 0.422 e. The van der Waals surface area contributed by atoms with Crippen LogP contribution in [0.5, 0.6) is 0 Å². The van der Waals surface area contributed by atoms with Crippen molar-refractivity contribution >= 4 is 21.5 Å². The van der Waals surface area contributed by atoms with Crippen molar-refractivity contribution in [2.45, 2.75) is 12.4 Å². The second kappa shape index (κ2) is 11.3. The molecule has 0 saturated heterocycles. The Hall–Kier alpha value is -4.92. The fourth-order valence-electron chi connectivity index (χ4n) is 5.15. The van der Waals surface area contributed by atoms with Gasteiger partial charge in [-0.25, -0.2) is 70.2 Å². The summed E-state index contributed by atoms with van der Waals surface area (Å²) >= 11 is 0. The number of halogens is 22. The molecule has 0 fully saturated rings. The van der Waals surface area contributed by atoms with Crippen molar-refractivity contribution in [2.75, 3.05) is 0 Å². The van der Waals surface area contributed by atoms with E-state index in [1.165, 1.54) is 0 Å². The molecule has 5 rings (SSSR count). The maximum Gasteiger partial charge on any atom is 0.422 e. The first kappa shape index (κ1) is 36.4. The second-order valence-corrected chi connectivity index (χ2v) is 9.77. The average Bonchev–Trinajstić information content (AvgIpc) is 3.01. The van der Waals surface area contributed by atoms with Crippen molar-refractivity contribution in [1.82, 2.24) is 0 Å². The summed E-state index contributed by atoms with van der Waals surface area (Å²) in [5, 5.41) is -11.2. The second-order valence-electron chi connectivity index (χ2n) is 9.77. The van der Waals surface area contributed by atoms with Gasteiger partial charge in [0.15, 0.2) is 93.1 Å². The first-order valence-corrected chi connectivity index (χ1v) is 12.2. The monoisotopic (exact) mass is 754 g/mol. The van der Waals surface area contributed by atoms with Gasteiger partial charge in [0.05, 0.1) is 11.1 Å². The van der Waals surface area contributed by atoms with Gasteiger partial charge in [0, 0.05) is 32.7 Å². The van der Waals surface area contributed by atoms with Crippen LogP contribution in [0.15, 0.2) is 0 Å². The lowest BCUT2D eigenvalue weighted by atomic mass is 9.83. The molecule has 0 radical (unpaired) electrons. The minimum atomic E-state index is -6.38. The summed E-state index contributed by atoms with van der Waals surface area (Å²) in [6, 6.07) is 0. The minimum Gasteiger partial charge on any atom is -0.203 e. The third kappa shape index (κ3) is 4.72. The molecule has 0 unspecified atom stereocenters. The zero-order chi connectivity index (χ0) is 38.0. The lowest BCUT2D eigenvalue weighted by Gasteiger charge is -2.23. The standard InChI is InChI=1S/C28F22/c29-11-3-1(7-15(33)19(37)9(27(45,46)47)20(38)16(7)34)4-6(14(32)26(44)24(42)12(4)30)2(5(3)13(31)25(43)23(11)41)8-17(35)21(39)10(28(48,49)50)22(40)18(8)36. The highest BCUT2D eigenvalue weighted by Crippen LogP contribution is 2.53. The van der Waals surface area contributed by atoms with Crippen molar-refractivity contribution in [3.63, 3.8) is 0 Å². The SMILES string of the molecule is Fc1c(F)c(C(F)(F)F)c(F)c(F)c1-c1c2c(F)c(F)c(F)c(F)c2c(-c2c(F)c(F)c(C(F)(F)F)c(F)c2F)c2c(F)c(F)c(F)c(F)c12. The van der Waals surface area contributed by atoms with E-state index < -0.39 is 160 Å². The molecule has 50 heavy (non-hydrogen) atoms. The maximum atomic E-state index is 15.5. The minimum absolute atomic E-state index is 2.80. The smallest absolute Gasteiger partial charge is 0.203 e. The van der Waals surface area contributed by atoms with E-state index in [-0.39, 0.29) is 0 Å². The molecule has 266 valence electrons. The van der Waals surface area contributed by atoms with Gasteiger partial charge in [-0.3, -0.25) is 0 Å². The van der Waals surface area contributed by atoms with Gasteiger partial charge >= 0.3 is 12.4 Å². The summed E-state index contributed by atoms with van der Waals surface area (Å²) in [7, 11) is 0. The van der Waals surface area contributed by atoms with Crippen LogP contribution in [0.2, 0.25) is 0 Å². The Kier molecular flexibility index (Phi) is 8.22. The average molecular weight is 754 g/mol. The van der Waals surface area contributed by atoms with E-state index in [0.717, 1.165) is 0 Å². The van der Waals surface area contributed by atoms with Crippen molar-refractivity contribution in [3.05, 3.63) is 104 Å². The first-order chi connectivity index (χ1) is 22.8. The van der Waals surface area contributed by atoms with Crippen molar-refractivity contribution < 1.29 is 96.6 Å². The molecule has 0 bridgehead atoms. The van der Waals surface area contributed by atoms with Gasteiger partial charge in [-0.05, 0) is 0 Å². The molecule has 0 amide bonds. The van der Waals surface area contributed by atoms with Crippen LogP contribution in [0.25, 0.3) is 43.8 Å². The Bertz CT molecular complexity index is 2050.